The van der Waals surface area contributed by atoms with Gasteiger partial charge in [-0.05, 0) is 0 Å². The second kappa shape index (κ2) is 4.06. The minimum Gasteiger partial charge on any atom is -0.468 e. The number of aromatic nitrogens is 1. The lowest BCUT2D eigenvalue weighted by atomic mass is 9.84. The standard InChI is InChI=1S/C9H14N2O2S/c1-9(2,6-4-11-5-14-6)7(10)8(12)13-3/h4-5,7H,10H2,1-3H3. The fourth-order valence-electron chi connectivity index (χ4n) is 1.11. The third kappa shape index (κ3) is 1.93. The van der Waals surface area contributed by atoms with E-state index in [0.717, 1.165) is 4.88 Å². The van der Waals surface area contributed by atoms with E-state index in [1.807, 2.05) is 13.8 Å². The normalized spacial score (nSPS) is 13.7. The summed E-state index contributed by atoms with van der Waals surface area (Å²) in [6, 6.07) is -0.659. The average Bonchev–Trinajstić information content (AvgIpc) is 2.68. The van der Waals surface area contributed by atoms with Gasteiger partial charge in [0.2, 0.25) is 0 Å². The Morgan fingerprint density at radius 2 is 2.36 bits per heavy atom. The number of hydrogen-bond donors (Lipinski definition) is 1. The van der Waals surface area contributed by atoms with E-state index in [0.29, 0.717) is 0 Å². The number of ether oxygens (including phenoxy) is 1. The topological polar surface area (TPSA) is 65.2 Å². The molecular formula is C9H14N2O2S. The summed E-state index contributed by atoms with van der Waals surface area (Å²) >= 11 is 1.49. The van der Waals surface area contributed by atoms with Gasteiger partial charge in [0.25, 0.3) is 0 Å². The molecule has 78 valence electrons. The van der Waals surface area contributed by atoms with Crippen molar-refractivity contribution in [3.8, 4) is 0 Å². The number of hydrogen-bond acceptors (Lipinski definition) is 5. The smallest absolute Gasteiger partial charge is 0.323 e. The molecule has 5 heteroatoms. The highest BCUT2D eigenvalue weighted by Crippen LogP contribution is 2.29. The van der Waals surface area contributed by atoms with E-state index in [-0.39, 0.29) is 0 Å². The number of esters is 1. The molecule has 0 bridgehead atoms. The van der Waals surface area contributed by atoms with Gasteiger partial charge in [-0.3, -0.25) is 9.78 Å². The maximum Gasteiger partial charge on any atom is 0.323 e. The summed E-state index contributed by atoms with van der Waals surface area (Å²) < 4.78 is 4.62. The van der Waals surface area contributed by atoms with E-state index in [1.165, 1.54) is 18.4 Å². The number of thiazole rings is 1. The molecule has 1 unspecified atom stereocenters. The molecule has 1 aromatic rings. The van der Waals surface area contributed by atoms with Crippen LogP contribution in [0.25, 0.3) is 0 Å². The molecule has 0 aromatic carbocycles. The summed E-state index contributed by atoms with van der Waals surface area (Å²) in [7, 11) is 1.34. The molecule has 2 N–H and O–H groups in total. The van der Waals surface area contributed by atoms with Crippen molar-refractivity contribution in [2.45, 2.75) is 25.3 Å². The Morgan fingerprint density at radius 3 is 2.79 bits per heavy atom. The average molecular weight is 214 g/mol. The van der Waals surface area contributed by atoms with Crippen LogP contribution in [0.15, 0.2) is 11.7 Å². The van der Waals surface area contributed by atoms with Gasteiger partial charge in [0.15, 0.2) is 0 Å². The van der Waals surface area contributed by atoms with Crippen LogP contribution in [0.2, 0.25) is 0 Å². The number of rotatable bonds is 3. The first kappa shape index (κ1) is 11.1. The highest BCUT2D eigenvalue weighted by molar-refractivity contribution is 7.09. The van der Waals surface area contributed by atoms with Gasteiger partial charge >= 0.3 is 5.97 Å². The van der Waals surface area contributed by atoms with Crippen LogP contribution in [0.3, 0.4) is 0 Å². The van der Waals surface area contributed by atoms with E-state index in [2.05, 4.69) is 9.72 Å². The lowest BCUT2D eigenvalue weighted by molar-refractivity contribution is -0.143. The first-order valence-corrected chi connectivity index (χ1v) is 5.10. The highest BCUT2D eigenvalue weighted by Gasteiger charge is 2.35. The zero-order chi connectivity index (χ0) is 10.8. The van der Waals surface area contributed by atoms with Crippen molar-refractivity contribution in [1.29, 1.82) is 0 Å². The molecule has 1 heterocycles. The van der Waals surface area contributed by atoms with Crippen molar-refractivity contribution in [2.24, 2.45) is 5.73 Å². The van der Waals surface area contributed by atoms with Crippen LogP contribution in [-0.4, -0.2) is 24.1 Å². The number of nitrogens with two attached hydrogens (primary N) is 1. The van der Waals surface area contributed by atoms with Gasteiger partial charge in [-0.25, -0.2) is 0 Å². The zero-order valence-corrected chi connectivity index (χ0v) is 9.30. The molecule has 0 amide bonds. The van der Waals surface area contributed by atoms with E-state index >= 15 is 0 Å². The van der Waals surface area contributed by atoms with Gasteiger partial charge in [0, 0.05) is 16.5 Å². The lowest BCUT2D eigenvalue weighted by Gasteiger charge is -2.27. The van der Waals surface area contributed by atoms with Crippen molar-refractivity contribution in [1.82, 2.24) is 4.98 Å². The second-order valence-electron chi connectivity index (χ2n) is 3.59. The Kier molecular flexibility index (Phi) is 3.23. The molecular weight excluding hydrogens is 200 g/mol. The minimum absolute atomic E-state index is 0.400. The summed E-state index contributed by atoms with van der Waals surface area (Å²) in [6.07, 6.45) is 1.73. The summed E-state index contributed by atoms with van der Waals surface area (Å²) in [5.41, 5.74) is 7.09. The van der Waals surface area contributed by atoms with E-state index < -0.39 is 17.4 Å². The lowest BCUT2D eigenvalue weighted by Crippen LogP contribution is -2.47. The first-order valence-electron chi connectivity index (χ1n) is 4.22. The Labute approximate surface area is 87.1 Å². The van der Waals surface area contributed by atoms with Crippen LogP contribution >= 0.6 is 11.3 Å². The summed E-state index contributed by atoms with van der Waals surface area (Å²) in [5.74, 6) is -0.400. The fraction of sp³-hybridized carbons (Fsp3) is 0.556. The number of methoxy groups -OCH3 is 1. The SMILES string of the molecule is COC(=O)C(N)C(C)(C)c1cncs1. The molecule has 0 aliphatic rings. The molecule has 0 saturated carbocycles. The fourth-order valence-corrected chi connectivity index (χ4v) is 1.90. The summed E-state index contributed by atoms with van der Waals surface area (Å²) in [4.78, 5) is 16.2. The van der Waals surface area contributed by atoms with E-state index in [9.17, 15) is 4.79 Å². The quantitative estimate of drug-likeness (QED) is 0.760. The Morgan fingerprint density at radius 1 is 1.71 bits per heavy atom. The van der Waals surface area contributed by atoms with Crippen molar-refractivity contribution in [3.63, 3.8) is 0 Å². The third-order valence-corrected chi connectivity index (χ3v) is 3.41. The molecule has 14 heavy (non-hydrogen) atoms. The van der Waals surface area contributed by atoms with Gasteiger partial charge in [-0.1, -0.05) is 13.8 Å². The number of carbonyl (C=O) groups is 1. The predicted molar refractivity (Wildman–Crippen MR) is 55.1 cm³/mol. The number of carbonyl (C=O) groups excluding carboxylic acids is 1. The van der Waals surface area contributed by atoms with Crippen LogP contribution in [-0.2, 0) is 14.9 Å². The molecule has 1 aromatic heterocycles. The zero-order valence-electron chi connectivity index (χ0n) is 8.48. The molecule has 0 saturated heterocycles. The molecule has 1 rings (SSSR count). The molecule has 0 fully saturated rings. The largest absolute Gasteiger partial charge is 0.468 e. The van der Waals surface area contributed by atoms with E-state index in [4.69, 9.17) is 5.73 Å². The van der Waals surface area contributed by atoms with Crippen molar-refractivity contribution in [3.05, 3.63) is 16.6 Å². The monoisotopic (exact) mass is 214 g/mol. The maximum absolute atomic E-state index is 11.3. The summed E-state index contributed by atoms with van der Waals surface area (Å²) in [6.45, 7) is 3.81. The van der Waals surface area contributed by atoms with Crippen molar-refractivity contribution in [2.75, 3.05) is 7.11 Å². The van der Waals surface area contributed by atoms with Crippen LogP contribution < -0.4 is 5.73 Å². The van der Waals surface area contributed by atoms with Crippen molar-refractivity contribution < 1.29 is 9.53 Å². The van der Waals surface area contributed by atoms with Crippen LogP contribution in [0.5, 0.6) is 0 Å². The second-order valence-corrected chi connectivity index (χ2v) is 4.47. The van der Waals surface area contributed by atoms with E-state index in [1.54, 1.807) is 11.7 Å². The maximum atomic E-state index is 11.3. The minimum atomic E-state index is -0.659. The first-order chi connectivity index (χ1) is 6.50. The van der Waals surface area contributed by atoms with Crippen LogP contribution in [0.4, 0.5) is 0 Å². The van der Waals surface area contributed by atoms with Crippen molar-refractivity contribution >= 4 is 17.3 Å². The highest BCUT2D eigenvalue weighted by atomic mass is 32.1. The van der Waals surface area contributed by atoms with Gasteiger partial charge in [-0.2, -0.15) is 0 Å². The molecule has 0 aliphatic carbocycles. The number of nitrogens with zero attached hydrogens (tertiary/aromatic N) is 1. The molecule has 0 aliphatic heterocycles. The van der Waals surface area contributed by atoms with Gasteiger partial charge in [0.05, 0.1) is 12.6 Å². The third-order valence-electron chi connectivity index (χ3n) is 2.30. The molecule has 1 atom stereocenters. The Hall–Kier alpha value is -0.940. The van der Waals surface area contributed by atoms with Gasteiger partial charge in [-0.15, -0.1) is 11.3 Å². The van der Waals surface area contributed by atoms with Crippen LogP contribution in [0.1, 0.15) is 18.7 Å². The predicted octanol–water partition coefficient (Wildman–Crippen LogP) is 0.921. The van der Waals surface area contributed by atoms with Crippen LogP contribution in [0, 0.1) is 0 Å². The molecule has 4 nitrogen and oxygen atoms in total. The van der Waals surface area contributed by atoms with Gasteiger partial charge < -0.3 is 10.5 Å². The Balaban J connectivity index is 2.90. The van der Waals surface area contributed by atoms with Gasteiger partial charge in [0.1, 0.15) is 6.04 Å². The Bertz CT molecular complexity index is 309. The molecule has 0 spiro atoms. The molecule has 0 radical (unpaired) electrons. The summed E-state index contributed by atoms with van der Waals surface area (Å²) in [5, 5.41) is 0.